The molecule has 0 aliphatic heterocycles. The van der Waals surface area contributed by atoms with Crippen LogP contribution < -0.4 is 5.73 Å². The molecule has 38 heavy (non-hydrogen) atoms. The van der Waals surface area contributed by atoms with E-state index in [9.17, 15) is 44.7 Å². The SMILES string of the molecule is COC(=O)/C=C/c1ccc2c(c1O)C(=O)C1=C(O)[C@]3(O)C(=O)C(C(N)=O)=C(O)[C@@H](N(C)C)[C@@H]3[C@@H](O)[C@@H]1[C@@H]2C. The number of nitrogens with two attached hydrogens (primary N) is 1. The van der Waals surface area contributed by atoms with Gasteiger partial charge in [0, 0.05) is 23.1 Å². The molecule has 3 aliphatic rings. The van der Waals surface area contributed by atoms with E-state index in [1.807, 2.05) is 0 Å². The van der Waals surface area contributed by atoms with Crippen LogP contribution in [0.4, 0.5) is 0 Å². The smallest absolute Gasteiger partial charge is 0.330 e. The number of hydrogen-bond donors (Lipinski definition) is 6. The van der Waals surface area contributed by atoms with Crippen LogP contribution >= 0.6 is 0 Å². The molecule has 1 aromatic rings. The molecule has 0 saturated carbocycles. The number of carbonyl (C=O) groups excluding carboxylic acids is 4. The topological polar surface area (TPSA) is 208 Å². The predicted molar refractivity (Wildman–Crippen MR) is 131 cm³/mol. The maximum absolute atomic E-state index is 13.7. The number of aromatic hydroxyl groups is 1. The van der Waals surface area contributed by atoms with Crippen molar-refractivity contribution in [3.8, 4) is 5.75 Å². The summed E-state index contributed by atoms with van der Waals surface area (Å²) >= 11 is 0. The van der Waals surface area contributed by atoms with Crippen LogP contribution in [-0.2, 0) is 19.1 Å². The zero-order chi connectivity index (χ0) is 28.4. The number of rotatable bonds is 4. The average molecular weight is 529 g/mol. The van der Waals surface area contributed by atoms with Gasteiger partial charge in [-0.15, -0.1) is 0 Å². The molecule has 0 aromatic heterocycles. The van der Waals surface area contributed by atoms with Gasteiger partial charge in [0.25, 0.3) is 5.91 Å². The van der Waals surface area contributed by atoms with Crippen molar-refractivity contribution < 1.29 is 49.4 Å². The minimum Gasteiger partial charge on any atom is -0.510 e. The van der Waals surface area contributed by atoms with Crippen molar-refractivity contribution in [3.63, 3.8) is 0 Å². The second-order valence-corrected chi connectivity index (χ2v) is 9.87. The Balaban J connectivity index is 1.98. The summed E-state index contributed by atoms with van der Waals surface area (Å²) in [6.45, 7) is 1.63. The molecule has 12 heteroatoms. The Morgan fingerprint density at radius 3 is 2.34 bits per heavy atom. The molecule has 1 aromatic carbocycles. The van der Waals surface area contributed by atoms with Crippen molar-refractivity contribution in [1.82, 2.24) is 4.90 Å². The van der Waals surface area contributed by atoms with Crippen LogP contribution in [-0.4, -0.2) is 92.8 Å². The lowest BCUT2D eigenvalue weighted by atomic mass is 9.55. The van der Waals surface area contributed by atoms with E-state index in [1.54, 1.807) is 6.92 Å². The number of methoxy groups -OCH3 is 1. The third-order valence-corrected chi connectivity index (χ3v) is 7.76. The monoisotopic (exact) mass is 528 g/mol. The number of aliphatic hydroxyl groups is 4. The number of likely N-dealkylation sites (N-methyl/N-ethyl adjacent to an activating group) is 1. The van der Waals surface area contributed by atoms with Crippen LogP contribution in [0, 0.1) is 11.8 Å². The van der Waals surface area contributed by atoms with Crippen LogP contribution in [0.1, 0.15) is 34.3 Å². The fourth-order valence-electron chi connectivity index (χ4n) is 6.00. The number of benzene rings is 1. The Bertz CT molecular complexity index is 1370. The van der Waals surface area contributed by atoms with Crippen LogP contribution in [0.3, 0.4) is 0 Å². The highest BCUT2D eigenvalue weighted by atomic mass is 16.5. The molecule has 0 heterocycles. The Kier molecular flexibility index (Phi) is 6.46. The van der Waals surface area contributed by atoms with Crippen LogP contribution in [0.5, 0.6) is 5.75 Å². The lowest BCUT2D eigenvalue weighted by Gasteiger charge is -2.53. The summed E-state index contributed by atoms with van der Waals surface area (Å²) in [4.78, 5) is 52.0. The maximum atomic E-state index is 13.7. The van der Waals surface area contributed by atoms with Crippen molar-refractivity contribution >= 4 is 29.5 Å². The van der Waals surface area contributed by atoms with Gasteiger partial charge in [0.05, 0.1) is 30.7 Å². The van der Waals surface area contributed by atoms with Crippen LogP contribution in [0.25, 0.3) is 6.08 Å². The van der Waals surface area contributed by atoms with E-state index in [0.717, 1.165) is 6.08 Å². The summed E-state index contributed by atoms with van der Waals surface area (Å²) in [5.41, 5.74) is 0.979. The summed E-state index contributed by atoms with van der Waals surface area (Å²) in [5.74, 6) is -10.4. The summed E-state index contributed by atoms with van der Waals surface area (Å²) in [5, 5.41) is 56.3. The van der Waals surface area contributed by atoms with Crippen molar-refractivity contribution in [2.45, 2.75) is 30.6 Å². The third kappa shape index (κ3) is 3.48. The van der Waals surface area contributed by atoms with E-state index < -0.39 is 87.4 Å². The summed E-state index contributed by atoms with van der Waals surface area (Å²) in [6.07, 6.45) is 0.576. The lowest BCUT2D eigenvalue weighted by Crippen LogP contribution is -2.68. The number of phenolic OH excluding ortho intramolecular Hbond substituents is 1. The third-order valence-electron chi connectivity index (χ3n) is 7.76. The molecule has 7 N–H and O–H groups in total. The highest BCUT2D eigenvalue weighted by Crippen LogP contribution is 2.55. The lowest BCUT2D eigenvalue weighted by molar-refractivity contribution is -0.162. The molecule has 0 unspecified atom stereocenters. The quantitative estimate of drug-likeness (QED) is 0.172. The maximum Gasteiger partial charge on any atom is 0.330 e. The second-order valence-electron chi connectivity index (χ2n) is 9.87. The number of primary amides is 1. The summed E-state index contributed by atoms with van der Waals surface area (Å²) in [6, 6.07) is 1.65. The van der Waals surface area contributed by atoms with E-state index in [-0.39, 0.29) is 11.1 Å². The van der Waals surface area contributed by atoms with Gasteiger partial charge in [-0.2, -0.15) is 0 Å². The minimum atomic E-state index is -2.98. The number of ether oxygens (including phenoxy) is 1. The first-order valence-corrected chi connectivity index (χ1v) is 11.7. The van der Waals surface area contributed by atoms with Gasteiger partial charge < -0.3 is 36.0 Å². The Hall–Kier alpha value is -4.00. The number of hydrogen-bond acceptors (Lipinski definition) is 11. The van der Waals surface area contributed by atoms with Gasteiger partial charge in [0.2, 0.25) is 5.78 Å². The fourth-order valence-corrected chi connectivity index (χ4v) is 6.00. The molecule has 0 fully saturated rings. The standard InChI is InChI=1S/C26H28N2O10/c1-9-11-7-5-10(6-8-12(29)38-4)19(30)14(11)20(31)15-13(9)21(32)17-18(28(2)3)22(33)16(25(27)36)24(35)26(17,37)23(15)34/h5-9,13,17-18,21,30,32-34,37H,1-4H3,(H2,27,36)/b8-6+/t9-,13-,17-,18+,21+,26+/m1/s1. The number of esters is 1. The molecular weight excluding hydrogens is 500 g/mol. The Morgan fingerprint density at radius 2 is 1.79 bits per heavy atom. The normalized spacial score (nSPS) is 30.9. The first-order chi connectivity index (χ1) is 17.7. The van der Waals surface area contributed by atoms with E-state index in [4.69, 9.17) is 5.73 Å². The number of carbonyl (C=O) groups is 4. The zero-order valence-electron chi connectivity index (χ0n) is 21.0. The van der Waals surface area contributed by atoms with E-state index >= 15 is 0 Å². The van der Waals surface area contributed by atoms with Crippen LogP contribution in [0.15, 0.2) is 40.9 Å². The number of nitrogens with zero attached hydrogens (tertiary/aromatic N) is 1. The van der Waals surface area contributed by atoms with Gasteiger partial charge in [-0.25, -0.2) is 4.79 Å². The van der Waals surface area contributed by atoms with Crippen molar-refractivity contribution in [2.75, 3.05) is 21.2 Å². The number of Topliss-reactive ketones (excluding diaryl/α,β-unsaturated/α-hetero) is 2. The minimum absolute atomic E-state index is 0.0754. The van der Waals surface area contributed by atoms with Gasteiger partial charge in [-0.1, -0.05) is 19.1 Å². The van der Waals surface area contributed by atoms with Gasteiger partial charge in [0.15, 0.2) is 11.4 Å². The number of ketones is 2. The summed E-state index contributed by atoms with van der Waals surface area (Å²) < 4.78 is 4.53. The molecular formula is C26H28N2O10. The molecule has 12 nitrogen and oxygen atoms in total. The predicted octanol–water partition coefficient (Wildman–Crippen LogP) is -0.161. The van der Waals surface area contributed by atoms with Gasteiger partial charge in [0.1, 0.15) is 22.8 Å². The molecule has 0 radical (unpaired) electrons. The summed E-state index contributed by atoms with van der Waals surface area (Å²) in [7, 11) is 4.09. The van der Waals surface area contributed by atoms with E-state index in [1.165, 1.54) is 44.3 Å². The number of phenols is 1. The van der Waals surface area contributed by atoms with Crippen molar-refractivity contribution in [2.24, 2.45) is 17.6 Å². The molecule has 6 atom stereocenters. The Morgan fingerprint density at radius 1 is 1.16 bits per heavy atom. The number of fused-ring (bicyclic) bond motifs is 3. The molecule has 0 bridgehead atoms. The highest BCUT2D eigenvalue weighted by molar-refractivity contribution is 6.25. The number of amides is 1. The molecule has 4 rings (SSSR count). The average Bonchev–Trinajstić information content (AvgIpc) is 2.84. The van der Waals surface area contributed by atoms with Gasteiger partial charge in [-0.05, 0) is 31.7 Å². The molecule has 0 saturated heterocycles. The second kappa shape index (κ2) is 9.08. The van der Waals surface area contributed by atoms with Gasteiger partial charge in [-0.3, -0.25) is 19.3 Å². The largest absolute Gasteiger partial charge is 0.510 e. The zero-order valence-corrected chi connectivity index (χ0v) is 21.0. The first kappa shape index (κ1) is 27.0. The van der Waals surface area contributed by atoms with E-state index in [2.05, 4.69) is 4.74 Å². The van der Waals surface area contributed by atoms with Crippen LogP contribution in [0.2, 0.25) is 0 Å². The first-order valence-electron chi connectivity index (χ1n) is 11.7. The Labute approximate surface area is 216 Å². The molecule has 1 amide bonds. The van der Waals surface area contributed by atoms with Crippen molar-refractivity contribution in [1.29, 1.82) is 0 Å². The van der Waals surface area contributed by atoms with Gasteiger partial charge >= 0.3 is 5.97 Å². The highest BCUT2D eigenvalue weighted by Gasteiger charge is 2.67. The molecule has 3 aliphatic carbocycles. The molecule has 0 spiro atoms. The van der Waals surface area contributed by atoms with Crippen molar-refractivity contribution in [3.05, 3.63) is 57.6 Å². The van der Waals surface area contributed by atoms with E-state index in [0.29, 0.717) is 5.56 Å². The molecule has 202 valence electrons. The number of aliphatic hydroxyl groups excluding tert-OH is 3. The fraction of sp³-hybridized carbons (Fsp3) is 0.385.